The predicted octanol–water partition coefficient (Wildman–Crippen LogP) is 1.16. The summed E-state index contributed by atoms with van der Waals surface area (Å²) in [5.74, 6) is 0. The number of halogens is 1. The Bertz CT molecular complexity index is 470. The van der Waals surface area contributed by atoms with Crippen molar-refractivity contribution >= 4 is 26.0 Å². The van der Waals surface area contributed by atoms with Crippen molar-refractivity contribution in [2.45, 2.75) is 18.4 Å². The smallest absolute Gasteiger partial charge is 0.240 e. The zero-order valence-corrected chi connectivity index (χ0v) is 10.8. The summed E-state index contributed by atoms with van der Waals surface area (Å²) < 4.78 is 26.2. The van der Waals surface area contributed by atoms with Crippen LogP contribution in [-0.2, 0) is 16.6 Å². The van der Waals surface area contributed by atoms with Gasteiger partial charge in [0.05, 0.1) is 11.5 Å². The van der Waals surface area contributed by atoms with Gasteiger partial charge < -0.3 is 5.11 Å². The standard InChI is InChI=1S/C9H12BrNO3S/c1-6-8(10)3-7(5-12)4-9(6)15(13,14)11-2/h3-4,11-12H,5H2,1-2H3. The average molecular weight is 294 g/mol. The zero-order chi connectivity index (χ0) is 11.6. The molecule has 1 rings (SSSR count). The van der Waals surface area contributed by atoms with Gasteiger partial charge in [-0.3, -0.25) is 0 Å². The maximum atomic E-state index is 11.6. The first kappa shape index (κ1) is 12.6. The topological polar surface area (TPSA) is 66.4 Å². The van der Waals surface area contributed by atoms with E-state index in [0.29, 0.717) is 15.6 Å². The van der Waals surface area contributed by atoms with E-state index < -0.39 is 10.0 Å². The molecule has 0 radical (unpaired) electrons. The molecule has 0 amide bonds. The second-order valence-corrected chi connectivity index (χ2v) is 5.78. The number of aliphatic hydroxyl groups is 1. The Morgan fingerprint density at radius 3 is 2.53 bits per heavy atom. The van der Waals surface area contributed by atoms with Crippen molar-refractivity contribution in [3.63, 3.8) is 0 Å². The Labute approximate surface area is 97.5 Å². The number of sulfonamides is 1. The SMILES string of the molecule is CNS(=O)(=O)c1cc(CO)cc(Br)c1C. The van der Waals surface area contributed by atoms with E-state index >= 15 is 0 Å². The number of nitrogens with one attached hydrogen (secondary N) is 1. The number of hydrogen-bond donors (Lipinski definition) is 2. The van der Waals surface area contributed by atoms with E-state index in [9.17, 15) is 8.42 Å². The first-order valence-electron chi connectivity index (χ1n) is 4.26. The molecule has 0 unspecified atom stereocenters. The van der Waals surface area contributed by atoms with E-state index in [1.165, 1.54) is 13.1 Å². The third-order valence-corrected chi connectivity index (χ3v) is 4.46. The molecule has 1 aromatic carbocycles. The summed E-state index contributed by atoms with van der Waals surface area (Å²) in [4.78, 5) is 0.184. The van der Waals surface area contributed by atoms with E-state index in [0.717, 1.165) is 0 Å². The van der Waals surface area contributed by atoms with Crippen LogP contribution >= 0.6 is 15.9 Å². The van der Waals surface area contributed by atoms with Crippen molar-refractivity contribution in [3.05, 3.63) is 27.7 Å². The normalized spacial score (nSPS) is 11.7. The Morgan fingerprint density at radius 2 is 2.07 bits per heavy atom. The second-order valence-electron chi connectivity index (χ2n) is 3.07. The zero-order valence-electron chi connectivity index (χ0n) is 8.41. The third kappa shape index (κ3) is 2.57. The molecule has 84 valence electrons. The van der Waals surface area contributed by atoms with Crippen LogP contribution < -0.4 is 4.72 Å². The van der Waals surface area contributed by atoms with Crippen LogP contribution in [-0.4, -0.2) is 20.6 Å². The van der Waals surface area contributed by atoms with Crippen LogP contribution in [0.4, 0.5) is 0 Å². The van der Waals surface area contributed by atoms with Crippen molar-refractivity contribution in [1.82, 2.24) is 4.72 Å². The lowest BCUT2D eigenvalue weighted by Crippen LogP contribution is -2.20. The van der Waals surface area contributed by atoms with Gasteiger partial charge in [0.2, 0.25) is 10.0 Å². The van der Waals surface area contributed by atoms with Crippen molar-refractivity contribution in [2.24, 2.45) is 0 Å². The van der Waals surface area contributed by atoms with Gasteiger partial charge >= 0.3 is 0 Å². The molecule has 4 nitrogen and oxygen atoms in total. The summed E-state index contributed by atoms with van der Waals surface area (Å²) >= 11 is 3.26. The minimum absolute atomic E-state index is 0.184. The molecule has 15 heavy (non-hydrogen) atoms. The van der Waals surface area contributed by atoms with Gasteiger partial charge in [0, 0.05) is 4.47 Å². The van der Waals surface area contributed by atoms with Crippen LogP contribution in [0, 0.1) is 6.92 Å². The van der Waals surface area contributed by atoms with Crippen LogP contribution in [0.5, 0.6) is 0 Å². The lowest BCUT2D eigenvalue weighted by molar-refractivity contribution is 0.281. The first-order valence-corrected chi connectivity index (χ1v) is 6.53. The predicted molar refractivity (Wildman–Crippen MR) is 61.0 cm³/mol. The van der Waals surface area contributed by atoms with E-state index in [-0.39, 0.29) is 11.5 Å². The summed E-state index contributed by atoms with van der Waals surface area (Å²) in [6.45, 7) is 1.51. The highest BCUT2D eigenvalue weighted by Gasteiger charge is 2.17. The molecule has 0 bridgehead atoms. The lowest BCUT2D eigenvalue weighted by atomic mass is 10.2. The van der Waals surface area contributed by atoms with Crippen molar-refractivity contribution < 1.29 is 13.5 Å². The second kappa shape index (κ2) is 4.61. The van der Waals surface area contributed by atoms with E-state index in [1.807, 2.05) is 0 Å². The van der Waals surface area contributed by atoms with Crippen LogP contribution in [0.25, 0.3) is 0 Å². The van der Waals surface area contributed by atoms with Gasteiger partial charge in [0.1, 0.15) is 0 Å². The van der Waals surface area contributed by atoms with E-state index in [2.05, 4.69) is 20.7 Å². The molecule has 0 heterocycles. The Kier molecular flexibility index (Phi) is 3.88. The molecule has 6 heteroatoms. The Balaban J connectivity index is 3.48. The fourth-order valence-electron chi connectivity index (χ4n) is 1.19. The molecule has 0 saturated carbocycles. The monoisotopic (exact) mass is 293 g/mol. The highest BCUT2D eigenvalue weighted by Crippen LogP contribution is 2.25. The van der Waals surface area contributed by atoms with Crippen LogP contribution in [0.1, 0.15) is 11.1 Å². The Morgan fingerprint density at radius 1 is 1.47 bits per heavy atom. The molecule has 0 atom stereocenters. The van der Waals surface area contributed by atoms with Gasteiger partial charge in [-0.1, -0.05) is 15.9 Å². The highest BCUT2D eigenvalue weighted by molar-refractivity contribution is 9.10. The molecule has 0 fully saturated rings. The number of aliphatic hydroxyl groups excluding tert-OH is 1. The summed E-state index contributed by atoms with van der Waals surface area (Å²) in [6.07, 6.45) is 0. The average Bonchev–Trinajstić information content (AvgIpc) is 2.21. The minimum atomic E-state index is -3.48. The summed E-state index contributed by atoms with van der Waals surface area (Å²) in [7, 11) is -2.12. The summed E-state index contributed by atoms with van der Waals surface area (Å²) in [5, 5.41) is 8.98. The molecule has 0 aromatic heterocycles. The van der Waals surface area contributed by atoms with Gasteiger partial charge in [0.25, 0.3) is 0 Å². The minimum Gasteiger partial charge on any atom is -0.392 e. The van der Waals surface area contributed by atoms with Gasteiger partial charge in [0.15, 0.2) is 0 Å². The van der Waals surface area contributed by atoms with Crippen molar-refractivity contribution in [2.75, 3.05) is 7.05 Å². The molecule has 0 spiro atoms. The maximum absolute atomic E-state index is 11.6. The first-order chi connectivity index (χ1) is 6.92. The van der Waals surface area contributed by atoms with E-state index in [4.69, 9.17) is 5.11 Å². The van der Waals surface area contributed by atoms with Gasteiger partial charge in [-0.15, -0.1) is 0 Å². The van der Waals surface area contributed by atoms with E-state index in [1.54, 1.807) is 13.0 Å². The summed E-state index contributed by atoms with van der Waals surface area (Å²) in [5.41, 5.74) is 1.18. The molecule has 0 aliphatic heterocycles. The van der Waals surface area contributed by atoms with Crippen LogP contribution in [0.3, 0.4) is 0 Å². The molecule has 1 aromatic rings. The fourth-order valence-corrected chi connectivity index (χ4v) is 2.87. The molecule has 2 N–H and O–H groups in total. The van der Waals surface area contributed by atoms with Gasteiger partial charge in [-0.05, 0) is 37.2 Å². The van der Waals surface area contributed by atoms with Crippen molar-refractivity contribution in [1.29, 1.82) is 0 Å². The van der Waals surface area contributed by atoms with Gasteiger partial charge in [-0.2, -0.15) is 0 Å². The van der Waals surface area contributed by atoms with Crippen molar-refractivity contribution in [3.8, 4) is 0 Å². The van der Waals surface area contributed by atoms with Gasteiger partial charge in [-0.25, -0.2) is 13.1 Å². The number of rotatable bonds is 3. The fraction of sp³-hybridized carbons (Fsp3) is 0.333. The number of benzene rings is 1. The quantitative estimate of drug-likeness (QED) is 0.879. The maximum Gasteiger partial charge on any atom is 0.240 e. The highest BCUT2D eigenvalue weighted by atomic mass is 79.9. The lowest BCUT2D eigenvalue weighted by Gasteiger charge is -2.10. The summed E-state index contributed by atoms with van der Waals surface area (Å²) in [6, 6.07) is 3.16. The molecule has 0 saturated heterocycles. The van der Waals surface area contributed by atoms with Crippen LogP contribution in [0.15, 0.2) is 21.5 Å². The molecular weight excluding hydrogens is 282 g/mol. The number of hydrogen-bond acceptors (Lipinski definition) is 3. The third-order valence-electron chi connectivity index (χ3n) is 2.10. The largest absolute Gasteiger partial charge is 0.392 e. The molecular formula is C9H12BrNO3S. The molecule has 0 aliphatic rings. The molecule has 0 aliphatic carbocycles. The van der Waals surface area contributed by atoms with Crippen LogP contribution in [0.2, 0.25) is 0 Å². The Hall–Kier alpha value is -0.430.